The summed E-state index contributed by atoms with van der Waals surface area (Å²) in [6.45, 7) is 4.60. The Kier molecular flexibility index (Phi) is 5.45. The van der Waals surface area contributed by atoms with Crippen molar-refractivity contribution in [3.05, 3.63) is 76.1 Å². The van der Waals surface area contributed by atoms with Crippen molar-refractivity contribution in [2.75, 3.05) is 18.4 Å². The predicted molar refractivity (Wildman–Crippen MR) is 121 cm³/mol. The molecule has 3 aromatic rings. The van der Waals surface area contributed by atoms with Crippen molar-refractivity contribution in [2.24, 2.45) is 5.92 Å². The van der Waals surface area contributed by atoms with Crippen molar-refractivity contribution < 1.29 is 14.3 Å². The Morgan fingerprint density at radius 2 is 1.84 bits per heavy atom. The number of amides is 1. The summed E-state index contributed by atoms with van der Waals surface area (Å²) in [5.74, 6) is 2.02. The maximum Gasteiger partial charge on any atom is 0.250 e. The van der Waals surface area contributed by atoms with Crippen LogP contribution < -0.4 is 10.9 Å². The van der Waals surface area contributed by atoms with Gasteiger partial charge in [-0.05, 0) is 48.2 Å². The van der Waals surface area contributed by atoms with Crippen LogP contribution in [0.5, 0.6) is 0 Å². The molecule has 2 N–H and O–H groups in total. The lowest BCUT2D eigenvalue weighted by Crippen LogP contribution is -2.46. The summed E-state index contributed by atoms with van der Waals surface area (Å²) < 4.78 is 7.66. The molecular formula is C25H27N3O4. The van der Waals surface area contributed by atoms with E-state index in [9.17, 15) is 14.7 Å². The highest BCUT2D eigenvalue weighted by Crippen LogP contribution is 2.40. The summed E-state index contributed by atoms with van der Waals surface area (Å²) in [6.07, 6.45) is 1.07. The molecule has 2 aliphatic heterocycles. The number of rotatable bonds is 5. The second kappa shape index (κ2) is 8.41. The number of furan rings is 1. The van der Waals surface area contributed by atoms with Gasteiger partial charge in [0, 0.05) is 55.5 Å². The van der Waals surface area contributed by atoms with Gasteiger partial charge in [-0.1, -0.05) is 12.1 Å². The van der Waals surface area contributed by atoms with E-state index in [4.69, 9.17) is 4.42 Å². The smallest absolute Gasteiger partial charge is 0.250 e. The Hall–Kier alpha value is -3.16. The summed E-state index contributed by atoms with van der Waals surface area (Å²) in [4.78, 5) is 26.4. The SMILES string of the molecule is CC(=O)Nc1ccc(-c2ccc(=O)n3c2[C@@H]2C[C@@H](CN(Cc4ccc(CO)o4)C2)C3)cc1. The number of piperidine rings is 1. The van der Waals surface area contributed by atoms with E-state index in [0.29, 0.717) is 18.2 Å². The standard InChI is InChI=1S/C25H27N3O4/c1-16(30)26-20-4-2-18(3-5-20)23-8-9-24(31)28-12-17-10-19(25(23)28)13-27(11-17)14-21-6-7-22(15-29)32-21/h2-9,17,19,29H,10-15H2,1H3,(H,26,30)/t17-,19+/m0/s1. The molecule has 2 aromatic heterocycles. The first-order valence-electron chi connectivity index (χ1n) is 11.0. The van der Waals surface area contributed by atoms with Gasteiger partial charge in [0.05, 0.1) is 6.54 Å². The van der Waals surface area contributed by atoms with Gasteiger partial charge in [-0.25, -0.2) is 0 Å². The molecule has 7 heteroatoms. The zero-order chi connectivity index (χ0) is 22.2. The lowest BCUT2D eigenvalue weighted by molar-refractivity contribution is -0.114. The third-order valence-corrected chi connectivity index (χ3v) is 6.43. The zero-order valence-electron chi connectivity index (χ0n) is 18.1. The fourth-order valence-corrected chi connectivity index (χ4v) is 5.24. The molecule has 2 aliphatic rings. The highest BCUT2D eigenvalue weighted by Gasteiger charge is 2.36. The molecule has 7 nitrogen and oxygen atoms in total. The Balaban J connectivity index is 1.45. The molecule has 32 heavy (non-hydrogen) atoms. The van der Waals surface area contributed by atoms with Crippen LogP contribution in [0, 0.1) is 5.92 Å². The van der Waals surface area contributed by atoms with E-state index in [1.807, 2.05) is 47.0 Å². The molecule has 4 heterocycles. The molecule has 1 aromatic carbocycles. The van der Waals surface area contributed by atoms with Crippen LogP contribution in [0.3, 0.4) is 0 Å². The highest BCUT2D eigenvalue weighted by atomic mass is 16.4. The maximum atomic E-state index is 12.7. The number of nitrogens with one attached hydrogen (secondary N) is 1. The zero-order valence-corrected chi connectivity index (χ0v) is 18.1. The van der Waals surface area contributed by atoms with E-state index in [1.54, 1.807) is 6.07 Å². The highest BCUT2D eigenvalue weighted by molar-refractivity contribution is 5.89. The number of aromatic nitrogens is 1. The average molecular weight is 434 g/mol. The minimum absolute atomic E-state index is 0.0559. The number of carbonyl (C=O) groups is 1. The van der Waals surface area contributed by atoms with Gasteiger partial charge in [-0.15, -0.1) is 0 Å². The number of pyridine rings is 1. The number of benzene rings is 1. The van der Waals surface area contributed by atoms with E-state index in [0.717, 1.165) is 54.3 Å². The molecule has 0 unspecified atom stereocenters. The number of carbonyl (C=O) groups excluding carboxylic acids is 1. The molecule has 166 valence electrons. The fraction of sp³-hybridized carbons (Fsp3) is 0.360. The van der Waals surface area contributed by atoms with E-state index < -0.39 is 0 Å². The van der Waals surface area contributed by atoms with Crippen LogP contribution in [0.2, 0.25) is 0 Å². The van der Waals surface area contributed by atoms with Gasteiger partial charge in [0.1, 0.15) is 18.1 Å². The normalized spacial score (nSPS) is 20.1. The summed E-state index contributed by atoms with van der Waals surface area (Å²) >= 11 is 0. The Morgan fingerprint density at radius 1 is 1.06 bits per heavy atom. The first kappa shape index (κ1) is 20.7. The van der Waals surface area contributed by atoms with E-state index in [1.165, 1.54) is 6.92 Å². The molecule has 1 saturated heterocycles. The first-order chi connectivity index (χ1) is 15.5. The molecule has 0 spiro atoms. The second-order valence-corrected chi connectivity index (χ2v) is 8.86. The van der Waals surface area contributed by atoms with Crippen LogP contribution in [0.4, 0.5) is 5.69 Å². The van der Waals surface area contributed by atoms with Crippen molar-refractivity contribution in [1.29, 1.82) is 0 Å². The number of aliphatic hydroxyl groups is 1. The minimum atomic E-state index is -0.0996. The number of nitrogens with zero attached hydrogens (tertiary/aromatic N) is 2. The average Bonchev–Trinajstić information content (AvgIpc) is 3.22. The van der Waals surface area contributed by atoms with Gasteiger partial charge in [0.25, 0.3) is 5.56 Å². The number of hydrogen-bond acceptors (Lipinski definition) is 5. The summed E-state index contributed by atoms with van der Waals surface area (Å²) in [5.41, 5.74) is 4.02. The molecule has 2 atom stereocenters. The summed E-state index contributed by atoms with van der Waals surface area (Å²) in [7, 11) is 0. The Bertz CT molecular complexity index is 1190. The molecule has 2 bridgehead atoms. The molecule has 1 fully saturated rings. The third kappa shape index (κ3) is 4.01. The van der Waals surface area contributed by atoms with Crippen molar-refractivity contribution in [3.8, 4) is 11.1 Å². The maximum absolute atomic E-state index is 12.7. The number of likely N-dealkylation sites (tertiary alicyclic amines) is 1. The van der Waals surface area contributed by atoms with Gasteiger partial charge in [0.2, 0.25) is 5.91 Å². The fourth-order valence-electron chi connectivity index (χ4n) is 5.24. The number of hydrogen-bond donors (Lipinski definition) is 2. The molecule has 1 amide bonds. The quantitative estimate of drug-likeness (QED) is 0.645. The van der Waals surface area contributed by atoms with Crippen LogP contribution in [0.1, 0.15) is 36.5 Å². The van der Waals surface area contributed by atoms with Crippen molar-refractivity contribution >= 4 is 11.6 Å². The van der Waals surface area contributed by atoms with Gasteiger partial charge in [-0.3, -0.25) is 14.5 Å². The number of anilines is 1. The molecule has 5 rings (SSSR count). The monoisotopic (exact) mass is 433 g/mol. The second-order valence-electron chi connectivity index (χ2n) is 8.86. The molecule has 0 radical (unpaired) electrons. The molecule has 0 saturated carbocycles. The summed E-state index contributed by atoms with van der Waals surface area (Å²) in [5, 5.41) is 12.1. The lowest BCUT2D eigenvalue weighted by Gasteiger charge is -2.43. The summed E-state index contributed by atoms with van der Waals surface area (Å²) in [6, 6.07) is 15.1. The number of fused-ring (bicyclic) bond motifs is 4. The minimum Gasteiger partial charge on any atom is -0.462 e. The van der Waals surface area contributed by atoms with Crippen LogP contribution in [0.25, 0.3) is 11.1 Å². The number of aliphatic hydroxyl groups excluding tert-OH is 1. The van der Waals surface area contributed by atoms with Crippen molar-refractivity contribution in [3.63, 3.8) is 0 Å². The van der Waals surface area contributed by atoms with E-state index in [-0.39, 0.29) is 24.0 Å². The predicted octanol–water partition coefficient (Wildman–Crippen LogP) is 3.18. The Labute approximate surface area is 186 Å². The topological polar surface area (TPSA) is 87.7 Å². The van der Waals surface area contributed by atoms with E-state index >= 15 is 0 Å². The van der Waals surface area contributed by atoms with Gasteiger partial charge in [0.15, 0.2) is 0 Å². The van der Waals surface area contributed by atoms with Gasteiger partial charge >= 0.3 is 0 Å². The van der Waals surface area contributed by atoms with E-state index in [2.05, 4.69) is 10.2 Å². The Morgan fingerprint density at radius 3 is 2.56 bits per heavy atom. The van der Waals surface area contributed by atoms with Crippen molar-refractivity contribution in [1.82, 2.24) is 9.47 Å². The van der Waals surface area contributed by atoms with Crippen LogP contribution in [-0.4, -0.2) is 33.6 Å². The van der Waals surface area contributed by atoms with Crippen molar-refractivity contribution in [2.45, 2.75) is 39.0 Å². The molecular weight excluding hydrogens is 406 g/mol. The van der Waals surface area contributed by atoms with Gasteiger partial charge < -0.3 is 19.4 Å². The molecule has 0 aliphatic carbocycles. The largest absolute Gasteiger partial charge is 0.462 e. The van der Waals surface area contributed by atoms with Gasteiger partial charge in [-0.2, -0.15) is 0 Å². The first-order valence-corrected chi connectivity index (χ1v) is 11.0. The van der Waals surface area contributed by atoms with Crippen LogP contribution in [0.15, 0.2) is 57.7 Å². The van der Waals surface area contributed by atoms with Crippen LogP contribution >= 0.6 is 0 Å². The third-order valence-electron chi connectivity index (χ3n) is 6.43. The lowest BCUT2D eigenvalue weighted by atomic mass is 9.80. The van der Waals surface area contributed by atoms with Crippen LogP contribution in [-0.2, 0) is 24.5 Å².